The lowest BCUT2D eigenvalue weighted by Gasteiger charge is -2.16. The van der Waals surface area contributed by atoms with Crippen molar-refractivity contribution in [3.63, 3.8) is 0 Å². The smallest absolute Gasteiger partial charge is 0.337 e. The van der Waals surface area contributed by atoms with Crippen LogP contribution < -0.4 is 11.1 Å². The number of nitrogens with two attached hydrogens (primary N) is 1. The standard InChI is InChI=1S/C13H18N2O2/c1-8-5-6-9(7-8)15-11-4-2-3-10(12(11)14)13(16)17/h2-4,8-9,15H,5-7,14H2,1H3,(H,16,17). The summed E-state index contributed by atoms with van der Waals surface area (Å²) >= 11 is 0. The molecule has 4 heteroatoms. The Morgan fingerprint density at radius 2 is 2.24 bits per heavy atom. The van der Waals surface area contributed by atoms with Crippen LogP contribution in [0.3, 0.4) is 0 Å². The van der Waals surface area contributed by atoms with Crippen molar-refractivity contribution in [2.24, 2.45) is 5.92 Å². The van der Waals surface area contributed by atoms with Crippen molar-refractivity contribution in [3.05, 3.63) is 23.8 Å². The Morgan fingerprint density at radius 3 is 2.82 bits per heavy atom. The van der Waals surface area contributed by atoms with E-state index in [4.69, 9.17) is 10.8 Å². The number of hydrogen-bond donors (Lipinski definition) is 3. The molecular formula is C13H18N2O2. The SMILES string of the molecule is CC1CCC(Nc2cccc(C(=O)O)c2N)C1. The van der Waals surface area contributed by atoms with E-state index in [0.717, 1.165) is 24.4 Å². The topological polar surface area (TPSA) is 75.3 Å². The Balaban J connectivity index is 2.16. The number of hydrogen-bond acceptors (Lipinski definition) is 3. The highest BCUT2D eigenvalue weighted by atomic mass is 16.4. The number of aromatic carboxylic acids is 1. The van der Waals surface area contributed by atoms with E-state index in [2.05, 4.69) is 12.2 Å². The maximum atomic E-state index is 11.0. The highest BCUT2D eigenvalue weighted by Gasteiger charge is 2.22. The molecule has 0 radical (unpaired) electrons. The second kappa shape index (κ2) is 4.65. The lowest BCUT2D eigenvalue weighted by atomic mass is 10.1. The van der Waals surface area contributed by atoms with Crippen LogP contribution in [0.25, 0.3) is 0 Å². The van der Waals surface area contributed by atoms with E-state index in [1.165, 1.54) is 12.5 Å². The third-order valence-corrected chi connectivity index (χ3v) is 3.39. The van der Waals surface area contributed by atoms with Crippen LogP contribution in [-0.2, 0) is 0 Å². The van der Waals surface area contributed by atoms with Crippen LogP contribution in [0.1, 0.15) is 36.5 Å². The van der Waals surface area contributed by atoms with Crippen molar-refractivity contribution in [1.29, 1.82) is 0 Å². The summed E-state index contributed by atoms with van der Waals surface area (Å²) in [5, 5.41) is 12.3. The molecule has 1 aromatic carbocycles. The number of rotatable bonds is 3. The van der Waals surface area contributed by atoms with Gasteiger partial charge < -0.3 is 16.2 Å². The number of nitrogen functional groups attached to an aromatic ring is 1. The zero-order valence-electron chi connectivity index (χ0n) is 9.94. The lowest BCUT2D eigenvalue weighted by Crippen LogP contribution is -2.17. The number of carboxylic acid groups (broad SMARTS) is 1. The van der Waals surface area contributed by atoms with Gasteiger partial charge in [0, 0.05) is 6.04 Å². The van der Waals surface area contributed by atoms with Crippen molar-refractivity contribution in [2.45, 2.75) is 32.2 Å². The van der Waals surface area contributed by atoms with Crippen molar-refractivity contribution in [3.8, 4) is 0 Å². The average Bonchev–Trinajstić information content (AvgIpc) is 2.67. The van der Waals surface area contributed by atoms with E-state index in [0.29, 0.717) is 11.7 Å². The van der Waals surface area contributed by atoms with Gasteiger partial charge in [-0.2, -0.15) is 0 Å². The molecule has 1 aliphatic rings. The van der Waals surface area contributed by atoms with E-state index in [1.807, 2.05) is 6.07 Å². The van der Waals surface area contributed by atoms with Gasteiger partial charge in [-0.3, -0.25) is 0 Å². The molecule has 0 amide bonds. The van der Waals surface area contributed by atoms with E-state index in [9.17, 15) is 4.79 Å². The minimum absolute atomic E-state index is 0.168. The summed E-state index contributed by atoms with van der Waals surface area (Å²) in [6, 6.07) is 5.50. The lowest BCUT2D eigenvalue weighted by molar-refractivity contribution is 0.0698. The summed E-state index contributed by atoms with van der Waals surface area (Å²) < 4.78 is 0. The maximum absolute atomic E-state index is 11.0. The molecule has 0 spiro atoms. The number of benzene rings is 1. The number of carbonyl (C=O) groups is 1. The molecule has 0 heterocycles. The van der Waals surface area contributed by atoms with Gasteiger partial charge >= 0.3 is 5.97 Å². The van der Waals surface area contributed by atoms with Gasteiger partial charge in [0.15, 0.2) is 0 Å². The fourth-order valence-corrected chi connectivity index (χ4v) is 2.44. The number of para-hydroxylation sites is 1. The minimum Gasteiger partial charge on any atom is -0.478 e. The molecule has 1 fully saturated rings. The summed E-state index contributed by atoms with van der Waals surface area (Å²) in [5.41, 5.74) is 7.09. The zero-order chi connectivity index (χ0) is 12.4. The molecule has 1 aromatic rings. The van der Waals surface area contributed by atoms with Crippen molar-refractivity contribution < 1.29 is 9.90 Å². The molecule has 2 unspecified atom stereocenters. The second-order valence-electron chi connectivity index (χ2n) is 4.83. The Bertz CT molecular complexity index is 431. The number of nitrogens with one attached hydrogen (secondary N) is 1. The van der Waals surface area contributed by atoms with Crippen molar-refractivity contribution >= 4 is 17.3 Å². The van der Waals surface area contributed by atoms with Crippen LogP contribution in [0.4, 0.5) is 11.4 Å². The molecular weight excluding hydrogens is 216 g/mol. The van der Waals surface area contributed by atoms with Gasteiger partial charge in [0.25, 0.3) is 0 Å². The third kappa shape index (κ3) is 2.52. The zero-order valence-corrected chi connectivity index (χ0v) is 9.94. The highest BCUT2D eigenvalue weighted by Crippen LogP contribution is 2.30. The van der Waals surface area contributed by atoms with Gasteiger partial charge in [-0.05, 0) is 37.3 Å². The summed E-state index contributed by atoms with van der Waals surface area (Å²) in [7, 11) is 0. The van der Waals surface area contributed by atoms with Crippen LogP contribution in [0.15, 0.2) is 18.2 Å². The first-order chi connectivity index (χ1) is 8.08. The molecule has 2 rings (SSSR count). The van der Waals surface area contributed by atoms with Crippen LogP contribution in [-0.4, -0.2) is 17.1 Å². The first-order valence-electron chi connectivity index (χ1n) is 5.96. The number of anilines is 2. The van der Waals surface area contributed by atoms with Gasteiger partial charge in [0.2, 0.25) is 0 Å². The Hall–Kier alpha value is -1.71. The van der Waals surface area contributed by atoms with Crippen molar-refractivity contribution in [2.75, 3.05) is 11.1 Å². The van der Waals surface area contributed by atoms with E-state index in [1.54, 1.807) is 6.07 Å². The maximum Gasteiger partial charge on any atom is 0.337 e. The average molecular weight is 234 g/mol. The molecule has 17 heavy (non-hydrogen) atoms. The Labute approximate surface area is 101 Å². The monoisotopic (exact) mass is 234 g/mol. The summed E-state index contributed by atoms with van der Waals surface area (Å²) in [5.74, 6) is -0.248. The van der Waals surface area contributed by atoms with Gasteiger partial charge in [-0.1, -0.05) is 13.0 Å². The minimum atomic E-state index is -0.981. The number of carboxylic acids is 1. The Morgan fingerprint density at radius 1 is 1.47 bits per heavy atom. The normalized spacial score (nSPS) is 23.6. The summed E-state index contributed by atoms with van der Waals surface area (Å²) in [6.07, 6.45) is 3.46. The van der Waals surface area contributed by atoms with E-state index >= 15 is 0 Å². The van der Waals surface area contributed by atoms with Crippen LogP contribution in [0, 0.1) is 5.92 Å². The summed E-state index contributed by atoms with van der Waals surface area (Å²) in [4.78, 5) is 11.0. The second-order valence-corrected chi connectivity index (χ2v) is 4.83. The highest BCUT2D eigenvalue weighted by molar-refractivity contribution is 5.97. The molecule has 4 N–H and O–H groups in total. The molecule has 2 atom stereocenters. The van der Waals surface area contributed by atoms with Gasteiger partial charge in [0.05, 0.1) is 16.9 Å². The fourth-order valence-electron chi connectivity index (χ4n) is 2.44. The van der Waals surface area contributed by atoms with Crippen LogP contribution in [0.5, 0.6) is 0 Å². The predicted octanol–water partition coefficient (Wildman–Crippen LogP) is 2.57. The third-order valence-electron chi connectivity index (χ3n) is 3.39. The van der Waals surface area contributed by atoms with Crippen LogP contribution in [0.2, 0.25) is 0 Å². The molecule has 0 saturated heterocycles. The first kappa shape index (κ1) is 11.8. The van der Waals surface area contributed by atoms with E-state index in [-0.39, 0.29) is 5.56 Å². The molecule has 1 aliphatic carbocycles. The molecule has 0 aromatic heterocycles. The first-order valence-corrected chi connectivity index (χ1v) is 5.96. The molecule has 0 aliphatic heterocycles. The molecule has 0 bridgehead atoms. The van der Waals surface area contributed by atoms with Crippen LogP contribution >= 0.6 is 0 Å². The predicted molar refractivity (Wildman–Crippen MR) is 68.2 cm³/mol. The quantitative estimate of drug-likeness (QED) is 0.702. The fraction of sp³-hybridized carbons (Fsp3) is 0.462. The Kier molecular flexibility index (Phi) is 3.22. The van der Waals surface area contributed by atoms with Gasteiger partial charge in [-0.25, -0.2) is 4.79 Å². The van der Waals surface area contributed by atoms with Gasteiger partial charge in [0.1, 0.15) is 0 Å². The molecule has 92 valence electrons. The van der Waals surface area contributed by atoms with Crippen molar-refractivity contribution in [1.82, 2.24) is 0 Å². The summed E-state index contributed by atoms with van der Waals surface area (Å²) in [6.45, 7) is 2.23. The largest absolute Gasteiger partial charge is 0.478 e. The molecule has 1 saturated carbocycles. The molecule has 4 nitrogen and oxygen atoms in total. The van der Waals surface area contributed by atoms with Gasteiger partial charge in [-0.15, -0.1) is 0 Å². The van der Waals surface area contributed by atoms with E-state index < -0.39 is 5.97 Å².